The molecule has 0 aromatic heterocycles. The van der Waals surface area contributed by atoms with Crippen molar-refractivity contribution in [2.75, 3.05) is 7.11 Å². The lowest BCUT2D eigenvalue weighted by molar-refractivity contribution is 0.244. The van der Waals surface area contributed by atoms with Crippen LogP contribution < -0.4 is 20.5 Å². The minimum atomic E-state index is -0.504. The number of rotatable bonds is 8. The molecule has 0 heterocycles. The van der Waals surface area contributed by atoms with Crippen molar-refractivity contribution < 1.29 is 14.3 Å². The van der Waals surface area contributed by atoms with Gasteiger partial charge in [-0.2, -0.15) is 0 Å². The largest absolute Gasteiger partial charge is 0.493 e. The maximum Gasteiger partial charge on any atom is 0.312 e. The molecule has 3 N–H and O–H groups in total. The molecule has 0 radical (unpaired) electrons. The smallest absolute Gasteiger partial charge is 0.312 e. The van der Waals surface area contributed by atoms with Crippen molar-refractivity contribution >= 4 is 6.03 Å². The summed E-state index contributed by atoms with van der Waals surface area (Å²) in [7, 11) is 1.62. The van der Waals surface area contributed by atoms with Crippen LogP contribution in [0.4, 0.5) is 4.79 Å². The fourth-order valence-electron chi connectivity index (χ4n) is 2.48. The summed E-state index contributed by atoms with van der Waals surface area (Å²) in [6.07, 6.45) is 1.49. The molecule has 0 saturated carbocycles. The SMILES string of the molecule is CCC(Cc1ccc(OC)c(OCc2ccccc2)c1)NC(N)=O. The molecule has 0 aliphatic carbocycles. The molecule has 0 aliphatic rings. The molecular formula is C19H24N2O3. The summed E-state index contributed by atoms with van der Waals surface area (Å²) in [4.78, 5) is 11.1. The fourth-order valence-corrected chi connectivity index (χ4v) is 2.48. The molecule has 5 nitrogen and oxygen atoms in total. The highest BCUT2D eigenvalue weighted by Gasteiger charge is 2.12. The van der Waals surface area contributed by atoms with Crippen molar-refractivity contribution in [2.24, 2.45) is 5.73 Å². The second-order valence-corrected chi connectivity index (χ2v) is 5.58. The molecule has 1 atom stereocenters. The fraction of sp³-hybridized carbons (Fsp3) is 0.316. The minimum absolute atomic E-state index is 0.00197. The number of hydrogen-bond donors (Lipinski definition) is 2. The number of hydrogen-bond acceptors (Lipinski definition) is 3. The zero-order valence-corrected chi connectivity index (χ0v) is 14.1. The highest BCUT2D eigenvalue weighted by Crippen LogP contribution is 2.29. The quantitative estimate of drug-likeness (QED) is 0.781. The van der Waals surface area contributed by atoms with Crippen LogP contribution in [0.2, 0.25) is 0 Å². The van der Waals surface area contributed by atoms with Crippen LogP contribution in [0.3, 0.4) is 0 Å². The van der Waals surface area contributed by atoms with E-state index in [1.807, 2.05) is 55.5 Å². The highest BCUT2D eigenvalue weighted by molar-refractivity contribution is 5.72. The molecule has 2 amide bonds. The number of nitrogens with one attached hydrogen (secondary N) is 1. The first-order valence-electron chi connectivity index (χ1n) is 8.02. The van der Waals surface area contributed by atoms with Gasteiger partial charge in [-0.25, -0.2) is 4.79 Å². The van der Waals surface area contributed by atoms with E-state index in [2.05, 4.69) is 5.32 Å². The van der Waals surface area contributed by atoms with E-state index in [-0.39, 0.29) is 6.04 Å². The lowest BCUT2D eigenvalue weighted by atomic mass is 10.0. The van der Waals surface area contributed by atoms with Gasteiger partial charge in [-0.3, -0.25) is 0 Å². The summed E-state index contributed by atoms with van der Waals surface area (Å²) in [5.74, 6) is 1.37. The molecular weight excluding hydrogens is 304 g/mol. The second-order valence-electron chi connectivity index (χ2n) is 5.58. The van der Waals surface area contributed by atoms with Crippen molar-refractivity contribution in [2.45, 2.75) is 32.4 Å². The highest BCUT2D eigenvalue weighted by atomic mass is 16.5. The Hall–Kier alpha value is -2.69. The van der Waals surface area contributed by atoms with E-state index in [0.29, 0.717) is 24.5 Å². The molecule has 128 valence electrons. The van der Waals surface area contributed by atoms with Gasteiger partial charge in [0.05, 0.1) is 7.11 Å². The normalized spacial score (nSPS) is 11.6. The number of carbonyl (C=O) groups is 1. The Morgan fingerprint density at radius 1 is 1.12 bits per heavy atom. The number of methoxy groups -OCH3 is 1. The van der Waals surface area contributed by atoms with Crippen molar-refractivity contribution in [1.29, 1.82) is 0 Å². The molecule has 5 heteroatoms. The van der Waals surface area contributed by atoms with E-state index in [9.17, 15) is 4.79 Å². The maximum atomic E-state index is 11.1. The molecule has 2 aromatic rings. The predicted octanol–water partition coefficient (Wildman–Crippen LogP) is 3.26. The van der Waals surface area contributed by atoms with Crippen LogP contribution in [-0.2, 0) is 13.0 Å². The first kappa shape index (κ1) is 17.7. The molecule has 24 heavy (non-hydrogen) atoms. The summed E-state index contributed by atoms with van der Waals surface area (Å²) in [5.41, 5.74) is 7.36. The van der Waals surface area contributed by atoms with Crippen molar-refractivity contribution in [3.05, 3.63) is 59.7 Å². The Kier molecular flexibility index (Phi) is 6.49. The first-order chi connectivity index (χ1) is 11.6. The topological polar surface area (TPSA) is 73.6 Å². The molecule has 1 unspecified atom stereocenters. The monoisotopic (exact) mass is 328 g/mol. The molecule has 0 aliphatic heterocycles. The van der Waals surface area contributed by atoms with Crippen molar-refractivity contribution in [1.82, 2.24) is 5.32 Å². The van der Waals surface area contributed by atoms with Crippen LogP contribution in [0.1, 0.15) is 24.5 Å². The number of nitrogens with two attached hydrogens (primary N) is 1. The summed E-state index contributed by atoms with van der Waals surface area (Å²) in [5, 5.41) is 2.75. The lowest BCUT2D eigenvalue weighted by Crippen LogP contribution is -2.39. The van der Waals surface area contributed by atoms with Gasteiger partial charge in [-0.05, 0) is 36.1 Å². The zero-order chi connectivity index (χ0) is 17.4. The van der Waals surface area contributed by atoms with Crippen LogP contribution in [0.15, 0.2) is 48.5 Å². The van der Waals surface area contributed by atoms with Gasteiger partial charge in [-0.1, -0.05) is 43.3 Å². The van der Waals surface area contributed by atoms with Crippen LogP contribution in [-0.4, -0.2) is 19.2 Å². The summed E-state index contributed by atoms with van der Waals surface area (Å²) < 4.78 is 11.3. The van der Waals surface area contributed by atoms with Gasteiger partial charge in [-0.15, -0.1) is 0 Å². The van der Waals surface area contributed by atoms with E-state index in [4.69, 9.17) is 15.2 Å². The number of carbonyl (C=O) groups excluding carboxylic acids is 1. The van der Waals surface area contributed by atoms with Crippen LogP contribution in [0.25, 0.3) is 0 Å². The predicted molar refractivity (Wildman–Crippen MR) is 94.3 cm³/mol. The summed E-state index contributed by atoms with van der Waals surface area (Å²) >= 11 is 0. The molecule has 0 saturated heterocycles. The standard InChI is InChI=1S/C19H24N2O3/c1-3-16(21-19(20)22)11-15-9-10-17(23-2)18(12-15)24-13-14-7-5-4-6-8-14/h4-10,12,16H,3,11,13H2,1-2H3,(H3,20,21,22). The van der Waals surface area contributed by atoms with Crippen LogP contribution in [0.5, 0.6) is 11.5 Å². The number of benzene rings is 2. The third-order valence-corrected chi connectivity index (χ3v) is 3.79. The van der Waals surface area contributed by atoms with Crippen LogP contribution in [0, 0.1) is 0 Å². The van der Waals surface area contributed by atoms with E-state index < -0.39 is 6.03 Å². The average molecular weight is 328 g/mol. The number of amides is 2. The molecule has 0 spiro atoms. The van der Waals surface area contributed by atoms with E-state index in [1.54, 1.807) is 7.11 Å². The second kappa shape index (κ2) is 8.82. The van der Waals surface area contributed by atoms with Gasteiger partial charge in [0.25, 0.3) is 0 Å². The van der Waals surface area contributed by atoms with Crippen LogP contribution >= 0.6 is 0 Å². The average Bonchev–Trinajstić information content (AvgIpc) is 2.60. The Morgan fingerprint density at radius 3 is 2.50 bits per heavy atom. The van der Waals surface area contributed by atoms with E-state index in [1.165, 1.54) is 0 Å². The van der Waals surface area contributed by atoms with Crippen molar-refractivity contribution in [3.8, 4) is 11.5 Å². The molecule has 0 bridgehead atoms. The van der Waals surface area contributed by atoms with Crippen molar-refractivity contribution in [3.63, 3.8) is 0 Å². The number of primary amides is 1. The third-order valence-electron chi connectivity index (χ3n) is 3.79. The van der Waals surface area contributed by atoms with Gasteiger partial charge in [0.2, 0.25) is 0 Å². The molecule has 2 aromatic carbocycles. The van der Waals surface area contributed by atoms with E-state index >= 15 is 0 Å². The zero-order valence-electron chi connectivity index (χ0n) is 14.1. The lowest BCUT2D eigenvalue weighted by Gasteiger charge is -2.17. The maximum absolute atomic E-state index is 11.1. The Morgan fingerprint density at radius 2 is 1.88 bits per heavy atom. The van der Waals surface area contributed by atoms with Gasteiger partial charge in [0.1, 0.15) is 6.61 Å². The first-order valence-corrected chi connectivity index (χ1v) is 8.02. The Bertz CT molecular complexity index is 659. The number of urea groups is 1. The molecule has 2 rings (SSSR count). The summed E-state index contributed by atoms with van der Waals surface area (Å²) in [6, 6.07) is 15.3. The Balaban J connectivity index is 2.10. The van der Waals surface area contributed by atoms with Gasteiger partial charge < -0.3 is 20.5 Å². The van der Waals surface area contributed by atoms with Gasteiger partial charge in [0, 0.05) is 6.04 Å². The molecule has 0 fully saturated rings. The summed E-state index contributed by atoms with van der Waals surface area (Å²) in [6.45, 7) is 2.48. The third kappa shape index (κ3) is 5.19. The minimum Gasteiger partial charge on any atom is -0.493 e. The van der Waals surface area contributed by atoms with Gasteiger partial charge >= 0.3 is 6.03 Å². The Labute approximate surface area is 142 Å². The number of ether oxygens (including phenoxy) is 2. The van der Waals surface area contributed by atoms with E-state index in [0.717, 1.165) is 17.5 Å². The van der Waals surface area contributed by atoms with Gasteiger partial charge in [0.15, 0.2) is 11.5 Å².